The summed E-state index contributed by atoms with van der Waals surface area (Å²) in [6.07, 6.45) is 8.58. The number of aromatic nitrogens is 1. The van der Waals surface area contributed by atoms with Gasteiger partial charge in [-0.15, -0.1) is 17.8 Å². The second-order valence-corrected chi connectivity index (χ2v) is 8.58. The van der Waals surface area contributed by atoms with Crippen molar-refractivity contribution in [2.45, 2.75) is 56.0 Å². The van der Waals surface area contributed by atoms with Crippen LogP contribution in [0.15, 0.2) is 9.72 Å². The molecular weight excluding hydrogens is 370 g/mol. The molecule has 0 bridgehead atoms. The highest BCUT2D eigenvalue weighted by molar-refractivity contribution is 8.01. The van der Waals surface area contributed by atoms with Crippen LogP contribution >= 0.6 is 23.1 Å². The summed E-state index contributed by atoms with van der Waals surface area (Å²) < 4.78 is 0.690. The molecule has 1 aliphatic rings. The van der Waals surface area contributed by atoms with E-state index in [9.17, 15) is 9.59 Å². The molecule has 1 fully saturated rings. The standard InChI is InChI=1S/C18H25N3O3S2/c1-4-18(5-2,6-3)15(19)13-7-8-14(22)21(13)9-10-25-17-20-12(11-26-17)16(23)24/h1,11,13,15H,5-10,19H2,2-3H3,(H,23,24)/t13-,15?/m1/s1. The number of terminal acetylenes is 1. The SMILES string of the molecule is C#CC(CC)(CC)C(N)[C@H]1CCC(=O)N1CCSc1nc(C(=O)O)cs1. The lowest BCUT2D eigenvalue weighted by atomic mass is 9.73. The van der Waals surface area contributed by atoms with E-state index in [-0.39, 0.29) is 23.7 Å². The van der Waals surface area contributed by atoms with Gasteiger partial charge in [0.15, 0.2) is 10.0 Å². The largest absolute Gasteiger partial charge is 0.476 e. The van der Waals surface area contributed by atoms with Crippen molar-refractivity contribution in [3.05, 3.63) is 11.1 Å². The molecule has 2 rings (SSSR count). The zero-order valence-corrected chi connectivity index (χ0v) is 16.7. The van der Waals surface area contributed by atoms with Crippen LogP contribution in [0.25, 0.3) is 0 Å². The third kappa shape index (κ3) is 4.22. The first kappa shape index (κ1) is 20.7. The third-order valence-corrected chi connectivity index (χ3v) is 7.24. The van der Waals surface area contributed by atoms with E-state index in [1.165, 1.54) is 28.5 Å². The molecule has 6 nitrogen and oxygen atoms in total. The maximum absolute atomic E-state index is 12.3. The molecule has 1 amide bonds. The van der Waals surface area contributed by atoms with E-state index in [0.29, 0.717) is 23.1 Å². The molecule has 1 unspecified atom stereocenters. The van der Waals surface area contributed by atoms with Gasteiger partial charge in [0.1, 0.15) is 0 Å². The van der Waals surface area contributed by atoms with E-state index >= 15 is 0 Å². The van der Waals surface area contributed by atoms with Gasteiger partial charge < -0.3 is 15.7 Å². The van der Waals surface area contributed by atoms with Crippen LogP contribution in [0.1, 0.15) is 50.0 Å². The van der Waals surface area contributed by atoms with E-state index in [4.69, 9.17) is 17.3 Å². The van der Waals surface area contributed by atoms with Crippen LogP contribution in [0.3, 0.4) is 0 Å². The van der Waals surface area contributed by atoms with Gasteiger partial charge in [-0.05, 0) is 19.3 Å². The number of amides is 1. The van der Waals surface area contributed by atoms with E-state index in [2.05, 4.69) is 10.9 Å². The third-order valence-electron chi connectivity index (χ3n) is 5.24. The van der Waals surface area contributed by atoms with Crippen LogP contribution in [0.2, 0.25) is 0 Å². The van der Waals surface area contributed by atoms with E-state index in [0.717, 1.165) is 19.3 Å². The number of hydrogen-bond donors (Lipinski definition) is 2. The Hall–Kier alpha value is -1.56. The zero-order chi connectivity index (χ0) is 19.3. The predicted molar refractivity (Wildman–Crippen MR) is 104 cm³/mol. The van der Waals surface area contributed by atoms with Gasteiger partial charge in [-0.1, -0.05) is 31.5 Å². The lowest BCUT2D eigenvalue weighted by Crippen LogP contribution is -2.54. The summed E-state index contributed by atoms with van der Waals surface area (Å²) in [7, 11) is 0. The van der Waals surface area contributed by atoms with Crippen molar-refractivity contribution in [2.75, 3.05) is 12.3 Å². The van der Waals surface area contributed by atoms with Crippen molar-refractivity contribution in [2.24, 2.45) is 11.1 Å². The highest BCUT2D eigenvalue weighted by Gasteiger charge is 2.43. The van der Waals surface area contributed by atoms with Gasteiger partial charge in [0, 0.05) is 41.6 Å². The Bertz CT molecular complexity index is 694. The number of nitrogens with zero attached hydrogens (tertiary/aromatic N) is 2. The van der Waals surface area contributed by atoms with Gasteiger partial charge in [-0.3, -0.25) is 4.79 Å². The highest BCUT2D eigenvalue weighted by Crippen LogP contribution is 2.35. The molecule has 26 heavy (non-hydrogen) atoms. The van der Waals surface area contributed by atoms with Gasteiger partial charge in [-0.25, -0.2) is 9.78 Å². The molecule has 0 spiro atoms. The van der Waals surface area contributed by atoms with Crippen LogP contribution in [0, 0.1) is 17.8 Å². The van der Waals surface area contributed by atoms with Crippen LogP contribution < -0.4 is 5.73 Å². The minimum absolute atomic E-state index is 0.0510. The molecule has 8 heteroatoms. The number of carbonyl (C=O) groups excluding carboxylic acids is 1. The smallest absolute Gasteiger partial charge is 0.355 e. The second kappa shape index (κ2) is 8.89. The van der Waals surface area contributed by atoms with E-state index in [1.807, 2.05) is 18.7 Å². The number of thiazole rings is 1. The first-order valence-electron chi connectivity index (χ1n) is 8.73. The monoisotopic (exact) mass is 395 g/mol. The predicted octanol–water partition coefficient (Wildman–Crippen LogP) is 2.69. The van der Waals surface area contributed by atoms with Crippen molar-refractivity contribution < 1.29 is 14.7 Å². The van der Waals surface area contributed by atoms with E-state index < -0.39 is 11.4 Å². The van der Waals surface area contributed by atoms with Crippen molar-refractivity contribution in [1.29, 1.82) is 0 Å². The summed E-state index contributed by atoms with van der Waals surface area (Å²) in [5.74, 6) is 2.61. The molecule has 1 aliphatic heterocycles. The maximum atomic E-state index is 12.3. The number of rotatable bonds is 9. The average Bonchev–Trinajstić information content (AvgIpc) is 3.24. The molecule has 0 aliphatic carbocycles. The number of carboxylic acids is 1. The Labute approximate surface area is 162 Å². The minimum atomic E-state index is -1.03. The number of nitrogens with two attached hydrogens (primary N) is 1. The number of likely N-dealkylation sites (tertiary alicyclic amines) is 1. The number of aromatic carboxylic acids is 1. The van der Waals surface area contributed by atoms with Crippen LogP contribution in [-0.4, -0.2) is 51.2 Å². The van der Waals surface area contributed by atoms with Crippen LogP contribution in [-0.2, 0) is 4.79 Å². The molecule has 2 heterocycles. The van der Waals surface area contributed by atoms with Crippen molar-refractivity contribution in [3.8, 4) is 12.3 Å². The Morgan fingerprint density at radius 2 is 2.31 bits per heavy atom. The maximum Gasteiger partial charge on any atom is 0.355 e. The summed E-state index contributed by atoms with van der Waals surface area (Å²) in [5, 5.41) is 10.4. The molecule has 1 saturated heterocycles. The second-order valence-electron chi connectivity index (χ2n) is 6.38. The van der Waals surface area contributed by atoms with Gasteiger partial charge in [0.2, 0.25) is 5.91 Å². The molecule has 0 aromatic carbocycles. The van der Waals surface area contributed by atoms with Crippen molar-refractivity contribution >= 4 is 35.0 Å². The normalized spacial score (nSPS) is 18.8. The summed E-state index contributed by atoms with van der Waals surface area (Å²) >= 11 is 2.75. The number of carbonyl (C=O) groups is 2. The van der Waals surface area contributed by atoms with Crippen LogP contribution in [0.5, 0.6) is 0 Å². The molecule has 142 valence electrons. The van der Waals surface area contributed by atoms with Crippen molar-refractivity contribution in [1.82, 2.24) is 9.88 Å². The Balaban J connectivity index is 2.00. The van der Waals surface area contributed by atoms with Gasteiger partial charge in [0.05, 0.1) is 0 Å². The Kier molecular flexibility index (Phi) is 7.09. The number of carboxylic acid groups (broad SMARTS) is 1. The first-order valence-corrected chi connectivity index (χ1v) is 10.6. The lowest BCUT2D eigenvalue weighted by Gasteiger charge is -2.39. The lowest BCUT2D eigenvalue weighted by molar-refractivity contribution is -0.129. The molecule has 1 aromatic rings. The van der Waals surface area contributed by atoms with E-state index in [1.54, 1.807) is 0 Å². The summed E-state index contributed by atoms with van der Waals surface area (Å²) in [5.41, 5.74) is 6.20. The zero-order valence-electron chi connectivity index (χ0n) is 15.1. The fraction of sp³-hybridized carbons (Fsp3) is 0.611. The fourth-order valence-electron chi connectivity index (χ4n) is 3.46. The molecule has 2 atom stereocenters. The average molecular weight is 396 g/mol. The topological polar surface area (TPSA) is 96.5 Å². The summed E-state index contributed by atoms with van der Waals surface area (Å²) in [4.78, 5) is 29.1. The van der Waals surface area contributed by atoms with Gasteiger partial charge in [0.25, 0.3) is 0 Å². The van der Waals surface area contributed by atoms with Gasteiger partial charge >= 0.3 is 5.97 Å². The molecule has 0 radical (unpaired) electrons. The Morgan fingerprint density at radius 3 is 2.85 bits per heavy atom. The molecular formula is C18H25N3O3S2. The molecule has 3 N–H and O–H groups in total. The fourth-order valence-corrected chi connectivity index (χ4v) is 5.27. The molecule has 0 saturated carbocycles. The summed E-state index contributed by atoms with van der Waals surface area (Å²) in [6, 6.07) is -0.303. The number of thioether (sulfide) groups is 1. The summed E-state index contributed by atoms with van der Waals surface area (Å²) in [6.45, 7) is 4.64. The quantitative estimate of drug-likeness (QED) is 0.493. The minimum Gasteiger partial charge on any atom is -0.476 e. The van der Waals surface area contributed by atoms with Gasteiger partial charge in [-0.2, -0.15) is 0 Å². The number of hydrogen-bond acceptors (Lipinski definition) is 6. The van der Waals surface area contributed by atoms with Crippen molar-refractivity contribution in [3.63, 3.8) is 0 Å². The van der Waals surface area contributed by atoms with Crippen LogP contribution in [0.4, 0.5) is 0 Å². The molecule has 1 aromatic heterocycles. The highest BCUT2D eigenvalue weighted by atomic mass is 32.2. The first-order chi connectivity index (χ1) is 12.4. The Morgan fingerprint density at radius 1 is 1.62 bits per heavy atom.